The summed E-state index contributed by atoms with van der Waals surface area (Å²) in [5.74, 6) is 1.79. The van der Waals surface area contributed by atoms with Gasteiger partial charge >= 0.3 is 0 Å². The van der Waals surface area contributed by atoms with Crippen molar-refractivity contribution in [3.8, 4) is 0 Å². The SMILES string of the molecule is CCC1CNCC1C(C)(C)C. The number of nitrogens with one attached hydrogen (secondary N) is 1. The quantitative estimate of drug-likeness (QED) is 0.612. The molecule has 1 heteroatoms. The van der Waals surface area contributed by atoms with Crippen LogP contribution in [0.3, 0.4) is 0 Å². The lowest BCUT2D eigenvalue weighted by Crippen LogP contribution is -2.27. The van der Waals surface area contributed by atoms with Crippen molar-refractivity contribution < 1.29 is 0 Å². The van der Waals surface area contributed by atoms with E-state index in [1.54, 1.807) is 0 Å². The van der Waals surface area contributed by atoms with Crippen LogP contribution in [0.4, 0.5) is 0 Å². The summed E-state index contributed by atoms with van der Waals surface area (Å²) in [6.07, 6.45) is 1.33. The number of hydrogen-bond acceptors (Lipinski definition) is 1. The fourth-order valence-electron chi connectivity index (χ4n) is 2.18. The zero-order chi connectivity index (χ0) is 8.48. The summed E-state index contributed by atoms with van der Waals surface area (Å²) >= 11 is 0. The minimum Gasteiger partial charge on any atom is -0.316 e. The molecule has 0 bridgehead atoms. The summed E-state index contributed by atoms with van der Waals surface area (Å²) in [5, 5.41) is 3.48. The molecule has 1 rings (SSSR count). The van der Waals surface area contributed by atoms with E-state index in [1.165, 1.54) is 19.5 Å². The van der Waals surface area contributed by atoms with Crippen LogP contribution in [-0.2, 0) is 0 Å². The van der Waals surface area contributed by atoms with Gasteiger partial charge in [0.2, 0.25) is 0 Å². The second kappa shape index (κ2) is 3.14. The van der Waals surface area contributed by atoms with Crippen molar-refractivity contribution in [1.82, 2.24) is 5.32 Å². The average molecular weight is 155 g/mol. The standard InChI is InChI=1S/C10H21N/c1-5-8-6-11-7-9(8)10(2,3)4/h8-9,11H,5-7H2,1-4H3. The van der Waals surface area contributed by atoms with E-state index in [0.29, 0.717) is 5.41 Å². The van der Waals surface area contributed by atoms with Crippen molar-refractivity contribution in [3.05, 3.63) is 0 Å². The molecule has 0 aromatic heterocycles. The van der Waals surface area contributed by atoms with E-state index in [4.69, 9.17) is 0 Å². The van der Waals surface area contributed by atoms with Crippen LogP contribution in [0.15, 0.2) is 0 Å². The van der Waals surface area contributed by atoms with Gasteiger partial charge in [-0.3, -0.25) is 0 Å². The van der Waals surface area contributed by atoms with Crippen LogP contribution < -0.4 is 5.32 Å². The first-order chi connectivity index (χ1) is 5.05. The Bertz CT molecular complexity index is 123. The molecule has 0 aromatic rings. The first kappa shape index (κ1) is 9.05. The molecule has 1 fully saturated rings. The van der Waals surface area contributed by atoms with Crippen LogP contribution in [0.5, 0.6) is 0 Å². The monoisotopic (exact) mass is 155 g/mol. The molecular formula is C10H21N. The smallest absolute Gasteiger partial charge is 0.00123 e. The zero-order valence-corrected chi connectivity index (χ0v) is 8.28. The Morgan fingerprint density at radius 2 is 1.91 bits per heavy atom. The highest BCUT2D eigenvalue weighted by Gasteiger charge is 2.34. The Kier molecular flexibility index (Phi) is 2.58. The highest BCUT2D eigenvalue weighted by Crippen LogP contribution is 2.35. The van der Waals surface area contributed by atoms with Crippen LogP contribution in [0.1, 0.15) is 34.1 Å². The molecule has 2 unspecified atom stereocenters. The molecule has 1 aliphatic rings. The molecule has 1 heterocycles. The molecule has 0 aromatic carbocycles. The fraction of sp³-hybridized carbons (Fsp3) is 1.00. The van der Waals surface area contributed by atoms with Gasteiger partial charge in [-0.2, -0.15) is 0 Å². The van der Waals surface area contributed by atoms with Crippen LogP contribution in [0.25, 0.3) is 0 Å². The van der Waals surface area contributed by atoms with Crippen LogP contribution >= 0.6 is 0 Å². The molecule has 1 nitrogen and oxygen atoms in total. The Balaban J connectivity index is 2.57. The van der Waals surface area contributed by atoms with Gasteiger partial charge in [-0.25, -0.2) is 0 Å². The highest BCUT2D eigenvalue weighted by atomic mass is 14.9. The van der Waals surface area contributed by atoms with Gasteiger partial charge in [0, 0.05) is 0 Å². The van der Waals surface area contributed by atoms with E-state index in [1.807, 2.05) is 0 Å². The topological polar surface area (TPSA) is 12.0 Å². The zero-order valence-electron chi connectivity index (χ0n) is 8.28. The van der Waals surface area contributed by atoms with E-state index in [2.05, 4.69) is 33.0 Å². The van der Waals surface area contributed by atoms with Crippen molar-refractivity contribution in [2.45, 2.75) is 34.1 Å². The molecule has 0 saturated carbocycles. The lowest BCUT2D eigenvalue weighted by molar-refractivity contribution is 0.200. The molecular weight excluding hydrogens is 134 g/mol. The molecule has 0 amide bonds. The van der Waals surface area contributed by atoms with Gasteiger partial charge in [0.25, 0.3) is 0 Å². The molecule has 0 radical (unpaired) electrons. The summed E-state index contributed by atoms with van der Waals surface area (Å²) in [4.78, 5) is 0. The molecule has 2 atom stereocenters. The molecule has 1 aliphatic heterocycles. The summed E-state index contributed by atoms with van der Waals surface area (Å²) in [6, 6.07) is 0. The molecule has 11 heavy (non-hydrogen) atoms. The van der Waals surface area contributed by atoms with Gasteiger partial charge in [0.1, 0.15) is 0 Å². The van der Waals surface area contributed by atoms with Gasteiger partial charge in [-0.15, -0.1) is 0 Å². The fourth-order valence-corrected chi connectivity index (χ4v) is 2.18. The van der Waals surface area contributed by atoms with E-state index in [-0.39, 0.29) is 0 Å². The van der Waals surface area contributed by atoms with E-state index < -0.39 is 0 Å². The molecule has 1 saturated heterocycles. The lowest BCUT2D eigenvalue weighted by atomic mass is 9.74. The summed E-state index contributed by atoms with van der Waals surface area (Å²) in [7, 11) is 0. The van der Waals surface area contributed by atoms with Gasteiger partial charge in [0.15, 0.2) is 0 Å². The van der Waals surface area contributed by atoms with E-state index in [9.17, 15) is 0 Å². The maximum Gasteiger partial charge on any atom is -0.00123 e. The third-order valence-corrected chi connectivity index (χ3v) is 2.98. The van der Waals surface area contributed by atoms with Gasteiger partial charge in [-0.05, 0) is 30.3 Å². The van der Waals surface area contributed by atoms with Crippen molar-refractivity contribution in [2.75, 3.05) is 13.1 Å². The Morgan fingerprint density at radius 1 is 1.27 bits per heavy atom. The molecule has 0 aliphatic carbocycles. The van der Waals surface area contributed by atoms with Gasteiger partial charge in [0.05, 0.1) is 0 Å². The van der Waals surface area contributed by atoms with Crippen molar-refractivity contribution >= 4 is 0 Å². The van der Waals surface area contributed by atoms with Gasteiger partial charge < -0.3 is 5.32 Å². The number of hydrogen-bond donors (Lipinski definition) is 1. The number of rotatable bonds is 1. The highest BCUT2D eigenvalue weighted by molar-refractivity contribution is 4.87. The minimum absolute atomic E-state index is 0.490. The second-order valence-corrected chi connectivity index (χ2v) is 4.80. The van der Waals surface area contributed by atoms with Gasteiger partial charge in [-0.1, -0.05) is 34.1 Å². The molecule has 66 valence electrons. The largest absolute Gasteiger partial charge is 0.316 e. The van der Waals surface area contributed by atoms with Crippen LogP contribution in [0.2, 0.25) is 0 Å². The first-order valence-electron chi connectivity index (χ1n) is 4.76. The average Bonchev–Trinajstić information content (AvgIpc) is 2.31. The van der Waals surface area contributed by atoms with E-state index in [0.717, 1.165) is 11.8 Å². The third kappa shape index (κ3) is 1.96. The predicted octanol–water partition coefficient (Wildman–Crippen LogP) is 2.28. The van der Waals surface area contributed by atoms with Crippen LogP contribution in [0, 0.1) is 17.3 Å². The second-order valence-electron chi connectivity index (χ2n) is 4.80. The van der Waals surface area contributed by atoms with Crippen LogP contribution in [-0.4, -0.2) is 13.1 Å². The summed E-state index contributed by atoms with van der Waals surface area (Å²) in [5.41, 5.74) is 0.490. The van der Waals surface area contributed by atoms with Crippen molar-refractivity contribution in [2.24, 2.45) is 17.3 Å². The predicted molar refractivity (Wildman–Crippen MR) is 49.6 cm³/mol. The maximum absolute atomic E-state index is 3.48. The summed E-state index contributed by atoms with van der Waals surface area (Å²) < 4.78 is 0. The molecule has 0 spiro atoms. The Labute approximate surface area is 70.6 Å². The van der Waals surface area contributed by atoms with Crippen molar-refractivity contribution in [1.29, 1.82) is 0 Å². The molecule has 1 N–H and O–H groups in total. The first-order valence-corrected chi connectivity index (χ1v) is 4.76. The Hall–Kier alpha value is -0.0400. The Morgan fingerprint density at radius 3 is 2.27 bits per heavy atom. The van der Waals surface area contributed by atoms with Crippen molar-refractivity contribution in [3.63, 3.8) is 0 Å². The third-order valence-electron chi connectivity index (χ3n) is 2.98. The summed E-state index contributed by atoms with van der Waals surface area (Å²) in [6.45, 7) is 11.8. The van der Waals surface area contributed by atoms with E-state index >= 15 is 0 Å². The maximum atomic E-state index is 3.48. The normalized spacial score (nSPS) is 32.7. The minimum atomic E-state index is 0.490. The lowest BCUT2D eigenvalue weighted by Gasteiger charge is -2.30.